The molecule has 1 fully saturated rings. The van der Waals surface area contributed by atoms with Crippen LogP contribution in [0.4, 0.5) is 0 Å². The summed E-state index contributed by atoms with van der Waals surface area (Å²) in [6.07, 6.45) is 0.151. The van der Waals surface area contributed by atoms with Gasteiger partial charge in [0.05, 0.1) is 6.17 Å². The van der Waals surface area contributed by atoms with Gasteiger partial charge in [-0.2, -0.15) is 0 Å². The van der Waals surface area contributed by atoms with Crippen LogP contribution in [0.1, 0.15) is 53.3 Å². The second kappa shape index (κ2) is 4.99. The number of hydrogen-bond donors (Lipinski definition) is 0. The summed E-state index contributed by atoms with van der Waals surface area (Å²) in [6, 6.07) is 10.5. The van der Waals surface area contributed by atoms with Crippen molar-refractivity contribution in [2.45, 2.75) is 58.8 Å². The largest absolute Gasteiger partial charge is 0.412 e. The topological polar surface area (TPSA) is 6.48 Å². The summed E-state index contributed by atoms with van der Waals surface area (Å²) in [7, 11) is -2.62. The molecule has 0 N–H and O–H groups in total. The summed E-state index contributed by atoms with van der Waals surface area (Å²) in [4.78, 5) is 0. The minimum absolute atomic E-state index is 0.0576. The van der Waals surface area contributed by atoms with E-state index in [9.17, 15) is 0 Å². The Morgan fingerprint density at radius 1 is 0.850 bits per heavy atom. The quantitative estimate of drug-likeness (QED) is 0.538. The predicted octanol–water partition coefficient (Wildman–Crippen LogP) is 4.81. The molecule has 20 heavy (non-hydrogen) atoms. The molecule has 1 heterocycles. The van der Waals surface area contributed by atoms with Crippen molar-refractivity contribution in [1.82, 2.24) is 9.13 Å². The molecule has 0 saturated carbocycles. The molecule has 5 heteroatoms. The zero-order valence-electron chi connectivity index (χ0n) is 13.1. The molecule has 1 aromatic carbocycles. The van der Waals surface area contributed by atoms with E-state index < -0.39 is 7.02 Å². The molecule has 0 unspecified atom stereocenters. The molecular formula is C15H24Cl2N2Si. The summed E-state index contributed by atoms with van der Waals surface area (Å²) in [6.45, 7) is 13.1. The van der Waals surface area contributed by atoms with Crippen LogP contribution in [0.3, 0.4) is 0 Å². The third-order valence-corrected chi connectivity index (χ3v) is 8.79. The molecule has 2 nitrogen and oxygen atoms in total. The Morgan fingerprint density at radius 2 is 1.25 bits per heavy atom. The first-order valence-corrected chi connectivity index (χ1v) is 10.9. The van der Waals surface area contributed by atoms with Gasteiger partial charge in [0.15, 0.2) is 0 Å². The highest BCUT2D eigenvalue weighted by molar-refractivity contribution is 7.43. The van der Waals surface area contributed by atoms with Crippen molar-refractivity contribution in [2.24, 2.45) is 0 Å². The van der Waals surface area contributed by atoms with E-state index >= 15 is 0 Å². The Morgan fingerprint density at radius 3 is 1.60 bits per heavy atom. The molecule has 1 aliphatic rings. The molecule has 0 atom stereocenters. The first kappa shape index (κ1) is 16.3. The Bertz CT molecular complexity index is 453. The first-order valence-electron chi connectivity index (χ1n) is 6.99. The summed E-state index contributed by atoms with van der Waals surface area (Å²) in [5, 5.41) is 0. The summed E-state index contributed by atoms with van der Waals surface area (Å²) >= 11 is 13.6. The van der Waals surface area contributed by atoms with Gasteiger partial charge in [0.2, 0.25) is 0 Å². The Labute approximate surface area is 133 Å². The Balaban J connectivity index is 2.48. The molecule has 0 spiro atoms. The summed E-state index contributed by atoms with van der Waals surface area (Å²) < 4.78 is 4.59. The van der Waals surface area contributed by atoms with Gasteiger partial charge in [0.25, 0.3) is 0 Å². The van der Waals surface area contributed by atoms with Crippen LogP contribution in [0.25, 0.3) is 0 Å². The van der Waals surface area contributed by atoms with E-state index in [1.165, 1.54) is 5.56 Å². The molecule has 0 aromatic heterocycles. The van der Waals surface area contributed by atoms with Gasteiger partial charge in [0, 0.05) is 11.1 Å². The van der Waals surface area contributed by atoms with E-state index in [0.29, 0.717) is 0 Å². The van der Waals surface area contributed by atoms with E-state index in [1.807, 2.05) is 6.07 Å². The molecule has 2 rings (SSSR count). The van der Waals surface area contributed by atoms with Gasteiger partial charge in [-0.25, -0.2) is 0 Å². The lowest BCUT2D eigenvalue weighted by Gasteiger charge is -2.67. The monoisotopic (exact) mass is 330 g/mol. The summed E-state index contributed by atoms with van der Waals surface area (Å²) in [5.41, 5.74) is 1.14. The van der Waals surface area contributed by atoms with Gasteiger partial charge in [-0.05, 0) is 47.1 Å². The molecule has 112 valence electrons. The van der Waals surface area contributed by atoms with Crippen molar-refractivity contribution in [1.29, 1.82) is 0 Å². The molecule has 0 aliphatic carbocycles. The average Bonchev–Trinajstić information content (AvgIpc) is 2.23. The fraction of sp³-hybridized carbons (Fsp3) is 0.600. The molecule has 1 saturated heterocycles. The molecule has 0 amide bonds. The Hall–Kier alpha value is -0.0631. The third-order valence-electron chi connectivity index (χ3n) is 3.61. The minimum atomic E-state index is -2.62. The number of nitrogens with zero attached hydrogens (tertiary/aromatic N) is 2. The summed E-state index contributed by atoms with van der Waals surface area (Å²) in [5.74, 6) is 0. The third kappa shape index (κ3) is 2.67. The maximum atomic E-state index is 6.81. The SMILES string of the molecule is CC(C)(C)N1C(c2ccccc2)N(C(C)(C)C)[Si]1(Cl)Cl. The highest BCUT2D eigenvalue weighted by atomic mass is 35.7. The molecule has 1 aromatic rings. The maximum absolute atomic E-state index is 6.81. The fourth-order valence-corrected chi connectivity index (χ4v) is 9.88. The molecule has 1 aliphatic heterocycles. The number of rotatable bonds is 1. The molecule has 0 bridgehead atoms. The lowest BCUT2D eigenvalue weighted by atomic mass is 10.0. The smallest absolute Gasteiger partial charge is 0.264 e. The normalized spacial score (nSPS) is 21.8. The highest BCUT2D eigenvalue weighted by Gasteiger charge is 2.66. The standard InChI is InChI=1S/C15H24Cl2N2Si/c1-14(2,3)18-13(12-10-8-7-9-11-12)19(15(4,5)6)20(18,16)17/h7-11,13H,1-6H3. The van der Waals surface area contributed by atoms with Crippen LogP contribution in [-0.4, -0.2) is 27.2 Å². The second-order valence-corrected chi connectivity index (χ2v) is 13.1. The van der Waals surface area contributed by atoms with Crippen molar-refractivity contribution >= 4 is 29.2 Å². The van der Waals surface area contributed by atoms with E-state index in [0.717, 1.165) is 0 Å². The lowest BCUT2D eigenvalue weighted by Crippen LogP contribution is -2.81. The first-order chi connectivity index (χ1) is 8.97. The Kier molecular flexibility index (Phi) is 4.07. The minimum Gasteiger partial charge on any atom is -0.264 e. The van der Waals surface area contributed by atoms with Crippen LogP contribution in [0.5, 0.6) is 0 Å². The van der Waals surface area contributed by atoms with Crippen molar-refractivity contribution in [2.75, 3.05) is 0 Å². The zero-order chi connectivity index (χ0) is 15.3. The zero-order valence-corrected chi connectivity index (χ0v) is 15.6. The van der Waals surface area contributed by atoms with Crippen LogP contribution in [0.2, 0.25) is 0 Å². The van der Waals surface area contributed by atoms with Crippen LogP contribution >= 0.6 is 22.2 Å². The molecular weight excluding hydrogens is 307 g/mol. The maximum Gasteiger partial charge on any atom is 0.412 e. The van der Waals surface area contributed by atoms with Crippen LogP contribution in [-0.2, 0) is 0 Å². The lowest BCUT2D eigenvalue weighted by molar-refractivity contribution is -0.0309. The van der Waals surface area contributed by atoms with Gasteiger partial charge >= 0.3 is 7.02 Å². The van der Waals surface area contributed by atoms with E-state index in [2.05, 4.69) is 74.9 Å². The second-order valence-electron chi connectivity index (χ2n) is 7.38. The fourth-order valence-electron chi connectivity index (χ4n) is 2.93. The van der Waals surface area contributed by atoms with Crippen molar-refractivity contribution in [3.8, 4) is 0 Å². The number of halogens is 2. The van der Waals surface area contributed by atoms with Crippen molar-refractivity contribution < 1.29 is 0 Å². The highest BCUT2D eigenvalue weighted by Crippen LogP contribution is 2.54. The average molecular weight is 331 g/mol. The number of benzene rings is 1. The van der Waals surface area contributed by atoms with Gasteiger partial charge < -0.3 is 0 Å². The van der Waals surface area contributed by atoms with E-state index in [4.69, 9.17) is 22.2 Å². The van der Waals surface area contributed by atoms with Gasteiger partial charge in [-0.3, -0.25) is 9.13 Å². The van der Waals surface area contributed by atoms with Crippen LogP contribution in [0.15, 0.2) is 30.3 Å². The van der Waals surface area contributed by atoms with Gasteiger partial charge in [-0.1, -0.05) is 30.3 Å². The van der Waals surface area contributed by atoms with E-state index in [1.54, 1.807) is 0 Å². The van der Waals surface area contributed by atoms with Gasteiger partial charge in [0.1, 0.15) is 0 Å². The van der Waals surface area contributed by atoms with Crippen LogP contribution in [0, 0.1) is 0 Å². The van der Waals surface area contributed by atoms with Crippen molar-refractivity contribution in [3.05, 3.63) is 35.9 Å². The van der Waals surface area contributed by atoms with E-state index in [-0.39, 0.29) is 17.2 Å². The predicted molar refractivity (Wildman–Crippen MR) is 89.8 cm³/mol. The van der Waals surface area contributed by atoms with Crippen LogP contribution < -0.4 is 0 Å². The molecule has 0 radical (unpaired) electrons. The number of hydrogen-bond acceptors (Lipinski definition) is 2. The van der Waals surface area contributed by atoms with Gasteiger partial charge in [-0.15, -0.1) is 22.2 Å². The van der Waals surface area contributed by atoms with Crippen molar-refractivity contribution in [3.63, 3.8) is 0 Å².